The van der Waals surface area contributed by atoms with E-state index >= 15 is 0 Å². The number of carbonyl (C=O) groups is 1. The SMILES string of the molecule is Cc1nc(C(=O)N(C)C(C)c2cccc(N)c2)cs1. The van der Waals surface area contributed by atoms with Crippen LogP contribution < -0.4 is 5.73 Å². The molecule has 0 aliphatic carbocycles. The lowest BCUT2D eigenvalue weighted by atomic mass is 10.1. The molecule has 1 unspecified atom stereocenters. The van der Waals surface area contributed by atoms with Crippen molar-refractivity contribution >= 4 is 22.9 Å². The lowest BCUT2D eigenvalue weighted by Gasteiger charge is -2.24. The Kier molecular flexibility index (Phi) is 3.85. The molecule has 0 radical (unpaired) electrons. The van der Waals surface area contributed by atoms with Gasteiger partial charge in [0, 0.05) is 18.1 Å². The first-order valence-electron chi connectivity index (χ1n) is 6.03. The van der Waals surface area contributed by atoms with E-state index < -0.39 is 0 Å². The number of hydrogen-bond acceptors (Lipinski definition) is 4. The predicted octanol–water partition coefficient (Wildman–Crippen LogP) is 2.87. The molecule has 1 atom stereocenters. The van der Waals surface area contributed by atoms with Gasteiger partial charge in [-0.3, -0.25) is 4.79 Å². The number of hydrogen-bond donors (Lipinski definition) is 1. The van der Waals surface area contributed by atoms with Crippen molar-refractivity contribution < 1.29 is 4.79 Å². The van der Waals surface area contributed by atoms with Gasteiger partial charge in [-0.1, -0.05) is 12.1 Å². The van der Waals surface area contributed by atoms with Gasteiger partial charge in [-0.15, -0.1) is 11.3 Å². The van der Waals surface area contributed by atoms with Crippen molar-refractivity contribution in [3.05, 3.63) is 45.9 Å². The highest BCUT2D eigenvalue weighted by Crippen LogP contribution is 2.22. The molecule has 0 spiro atoms. The molecule has 1 heterocycles. The number of nitrogens with two attached hydrogens (primary N) is 1. The second-order valence-corrected chi connectivity index (χ2v) is 5.58. The van der Waals surface area contributed by atoms with E-state index in [-0.39, 0.29) is 11.9 Å². The highest BCUT2D eigenvalue weighted by molar-refractivity contribution is 7.09. The minimum absolute atomic E-state index is 0.0435. The second kappa shape index (κ2) is 5.40. The minimum atomic E-state index is -0.0701. The van der Waals surface area contributed by atoms with E-state index in [1.165, 1.54) is 11.3 Å². The Morgan fingerprint density at radius 1 is 1.47 bits per heavy atom. The molecule has 0 aliphatic rings. The van der Waals surface area contributed by atoms with E-state index in [0.29, 0.717) is 11.4 Å². The van der Waals surface area contributed by atoms with Gasteiger partial charge in [-0.2, -0.15) is 0 Å². The van der Waals surface area contributed by atoms with Crippen LogP contribution in [0.25, 0.3) is 0 Å². The maximum atomic E-state index is 12.3. The fourth-order valence-corrected chi connectivity index (χ4v) is 2.45. The smallest absolute Gasteiger partial charge is 0.273 e. The Labute approximate surface area is 116 Å². The van der Waals surface area contributed by atoms with Crippen molar-refractivity contribution in [3.63, 3.8) is 0 Å². The van der Waals surface area contributed by atoms with Gasteiger partial charge in [0.05, 0.1) is 11.0 Å². The van der Waals surface area contributed by atoms with E-state index in [4.69, 9.17) is 5.73 Å². The number of amides is 1. The van der Waals surface area contributed by atoms with E-state index in [2.05, 4.69) is 4.98 Å². The van der Waals surface area contributed by atoms with Crippen LogP contribution in [-0.4, -0.2) is 22.8 Å². The van der Waals surface area contributed by atoms with Crippen LogP contribution in [0.3, 0.4) is 0 Å². The molecule has 4 nitrogen and oxygen atoms in total. The maximum absolute atomic E-state index is 12.3. The van der Waals surface area contributed by atoms with Crippen molar-refractivity contribution in [2.75, 3.05) is 12.8 Å². The molecule has 0 fully saturated rings. The van der Waals surface area contributed by atoms with Gasteiger partial charge in [0.15, 0.2) is 0 Å². The first-order chi connectivity index (χ1) is 8.99. The molecule has 0 aliphatic heterocycles. The van der Waals surface area contributed by atoms with E-state index in [0.717, 1.165) is 10.6 Å². The maximum Gasteiger partial charge on any atom is 0.273 e. The molecule has 0 saturated carbocycles. The van der Waals surface area contributed by atoms with Crippen molar-refractivity contribution in [2.45, 2.75) is 19.9 Å². The number of carbonyl (C=O) groups excluding carboxylic acids is 1. The fraction of sp³-hybridized carbons (Fsp3) is 0.286. The van der Waals surface area contributed by atoms with Crippen LogP contribution in [0.15, 0.2) is 29.6 Å². The summed E-state index contributed by atoms with van der Waals surface area (Å²) in [5, 5.41) is 2.69. The Balaban J connectivity index is 2.19. The molecule has 100 valence electrons. The van der Waals surface area contributed by atoms with Crippen LogP contribution >= 0.6 is 11.3 Å². The molecular formula is C14H17N3OS. The quantitative estimate of drug-likeness (QED) is 0.876. The van der Waals surface area contributed by atoms with Gasteiger partial charge in [-0.05, 0) is 31.5 Å². The Morgan fingerprint density at radius 2 is 2.21 bits per heavy atom. The third-order valence-corrected chi connectivity index (χ3v) is 3.91. The van der Waals surface area contributed by atoms with Gasteiger partial charge >= 0.3 is 0 Å². The number of aryl methyl sites for hydroxylation is 1. The third-order valence-electron chi connectivity index (χ3n) is 3.13. The average molecular weight is 275 g/mol. The van der Waals surface area contributed by atoms with Crippen molar-refractivity contribution in [1.82, 2.24) is 9.88 Å². The molecular weight excluding hydrogens is 258 g/mol. The van der Waals surface area contributed by atoms with Crippen LogP contribution in [0.2, 0.25) is 0 Å². The van der Waals surface area contributed by atoms with Gasteiger partial charge < -0.3 is 10.6 Å². The van der Waals surface area contributed by atoms with Gasteiger partial charge in [-0.25, -0.2) is 4.98 Å². The zero-order valence-corrected chi connectivity index (χ0v) is 12.1. The molecule has 1 aromatic heterocycles. The fourth-order valence-electron chi connectivity index (χ4n) is 1.86. The molecule has 2 aromatic rings. The molecule has 1 amide bonds. The summed E-state index contributed by atoms with van der Waals surface area (Å²) in [4.78, 5) is 18.2. The number of nitrogens with zero attached hydrogens (tertiary/aromatic N) is 2. The summed E-state index contributed by atoms with van der Waals surface area (Å²) in [5.74, 6) is -0.0701. The van der Waals surface area contributed by atoms with Gasteiger partial charge in [0.25, 0.3) is 5.91 Å². The Hall–Kier alpha value is -1.88. The first kappa shape index (κ1) is 13.5. The van der Waals surface area contributed by atoms with Crippen molar-refractivity contribution in [1.29, 1.82) is 0 Å². The number of thiazole rings is 1. The summed E-state index contributed by atoms with van der Waals surface area (Å²) in [6.07, 6.45) is 0. The number of benzene rings is 1. The van der Waals surface area contributed by atoms with Crippen LogP contribution in [0.1, 0.15) is 34.0 Å². The van der Waals surface area contributed by atoms with Crippen molar-refractivity contribution in [3.8, 4) is 0 Å². The Bertz CT molecular complexity index is 594. The van der Waals surface area contributed by atoms with Crippen molar-refractivity contribution in [2.24, 2.45) is 0 Å². The molecule has 0 bridgehead atoms. The zero-order valence-electron chi connectivity index (χ0n) is 11.3. The van der Waals surface area contributed by atoms with E-state index in [9.17, 15) is 4.79 Å². The minimum Gasteiger partial charge on any atom is -0.399 e. The summed E-state index contributed by atoms with van der Waals surface area (Å²) in [6, 6.07) is 7.55. The summed E-state index contributed by atoms with van der Waals surface area (Å²) < 4.78 is 0. The Morgan fingerprint density at radius 3 is 2.79 bits per heavy atom. The zero-order chi connectivity index (χ0) is 14.0. The largest absolute Gasteiger partial charge is 0.399 e. The number of nitrogen functional groups attached to an aromatic ring is 1. The van der Waals surface area contributed by atoms with Gasteiger partial charge in [0.2, 0.25) is 0 Å². The topological polar surface area (TPSA) is 59.2 Å². The molecule has 2 N–H and O–H groups in total. The molecule has 0 saturated heterocycles. The van der Waals surface area contributed by atoms with E-state index in [1.807, 2.05) is 38.1 Å². The highest BCUT2D eigenvalue weighted by Gasteiger charge is 2.20. The third kappa shape index (κ3) is 2.93. The predicted molar refractivity (Wildman–Crippen MR) is 78.2 cm³/mol. The average Bonchev–Trinajstić information content (AvgIpc) is 2.83. The van der Waals surface area contributed by atoms with Crippen LogP contribution in [0, 0.1) is 6.92 Å². The van der Waals surface area contributed by atoms with Crippen LogP contribution in [0.4, 0.5) is 5.69 Å². The summed E-state index contributed by atoms with van der Waals surface area (Å²) in [5.41, 5.74) is 7.99. The van der Waals surface area contributed by atoms with Gasteiger partial charge in [0.1, 0.15) is 5.69 Å². The second-order valence-electron chi connectivity index (χ2n) is 4.51. The highest BCUT2D eigenvalue weighted by atomic mass is 32.1. The summed E-state index contributed by atoms with van der Waals surface area (Å²) in [6.45, 7) is 3.87. The number of anilines is 1. The molecule has 19 heavy (non-hydrogen) atoms. The monoisotopic (exact) mass is 275 g/mol. The lowest BCUT2D eigenvalue weighted by molar-refractivity contribution is 0.0737. The normalized spacial score (nSPS) is 12.2. The van der Waals surface area contributed by atoms with Crippen LogP contribution in [-0.2, 0) is 0 Å². The number of aromatic nitrogens is 1. The van der Waals surface area contributed by atoms with Crippen LogP contribution in [0.5, 0.6) is 0 Å². The summed E-state index contributed by atoms with van der Waals surface area (Å²) in [7, 11) is 1.78. The number of rotatable bonds is 3. The van der Waals surface area contributed by atoms with E-state index in [1.54, 1.807) is 17.3 Å². The molecule has 2 rings (SSSR count). The molecule has 5 heteroatoms. The molecule has 1 aromatic carbocycles. The first-order valence-corrected chi connectivity index (χ1v) is 6.91. The summed E-state index contributed by atoms with van der Waals surface area (Å²) >= 11 is 1.48. The lowest BCUT2D eigenvalue weighted by Crippen LogP contribution is -2.29. The standard InChI is InChI=1S/C14H17N3OS/c1-9(11-5-4-6-12(15)7-11)17(3)14(18)13-8-19-10(2)16-13/h4-9H,15H2,1-3H3.